The first kappa shape index (κ1) is 12.5. The lowest BCUT2D eigenvalue weighted by Crippen LogP contribution is -2.01. The van der Waals surface area contributed by atoms with Crippen LogP contribution in [0.2, 0.25) is 0 Å². The minimum absolute atomic E-state index is 0.608. The molecule has 0 unspecified atom stereocenters. The van der Waals surface area contributed by atoms with Crippen LogP contribution in [0, 0.1) is 6.92 Å². The van der Waals surface area contributed by atoms with E-state index in [1.165, 1.54) is 0 Å². The van der Waals surface area contributed by atoms with Crippen molar-refractivity contribution in [2.45, 2.75) is 13.5 Å². The number of nitrogens with one attached hydrogen (secondary N) is 1. The van der Waals surface area contributed by atoms with Gasteiger partial charge in [0.25, 0.3) is 0 Å². The first-order valence-corrected chi connectivity index (χ1v) is 6.49. The van der Waals surface area contributed by atoms with Crippen LogP contribution in [-0.2, 0) is 6.54 Å². The number of fused-ring (bicyclic) bond motifs is 1. The van der Waals surface area contributed by atoms with Crippen LogP contribution >= 0.6 is 0 Å². The van der Waals surface area contributed by atoms with Gasteiger partial charge in [0.2, 0.25) is 0 Å². The molecule has 0 aliphatic carbocycles. The Balaban J connectivity index is 1.91. The lowest BCUT2D eigenvalue weighted by molar-refractivity contribution is 0.420. The molecule has 0 aliphatic rings. The Labute approximate surface area is 117 Å². The van der Waals surface area contributed by atoms with Gasteiger partial charge in [0.1, 0.15) is 23.1 Å². The molecule has 102 valence electrons. The lowest BCUT2D eigenvalue weighted by Gasteiger charge is -2.10. The number of aromatic nitrogens is 1. The van der Waals surface area contributed by atoms with Crippen molar-refractivity contribution in [3.05, 3.63) is 54.1 Å². The molecule has 0 amide bonds. The first-order chi connectivity index (χ1) is 9.78. The second kappa shape index (κ2) is 5.25. The van der Waals surface area contributed by atoms with Crippen molar-refractivity contribution in [3.8, 4) is 5.75 Å². The second-order valence-electron chi connectivity index (χ2n) is 4.58. The molecule has 4 nitrogen and oxygen atoms in total. The molecule has 0 saturated heterocycles. The SMILES string of the molecule is COc1cccc2c(NCc3ccc(C)o3)nccc12. The molecule has 0 bridgehead atoms. The number of methoxy groups -OCH3 is 1. The van der Waals surface area contributed by atoms with Gasteiger partial charge in [0.15, 0.2) is 0 Å². The summed E-state index contributed by atoms with van der Waals surface area (Å²) in [5.41, 5.74) is 0. The number of hydrogen-bond donors (Lipinski definition) is 1. The summed E-state index contributed by atoms with van der Waals surface area (Å²) >= 11 is 0. The van der Waals surface area contributed by atoms with E-state index in [2.05, 4.69) is 10.3 Å². The summed E-state index contributed by atoms with van der Waals surface area (Å²) in [5.74, 6) is 3.48. The van der Waals surface area contributed by atoms with Crippen LogP contribution in [0.4, 0.5) is 5.82 Å². The third-order valence-electron chi connectivity index (χ3n) is 3.21. The molecule has 0 atom stereocenters. The number of rotatable bonds is 4. The van der Waals surface area contributed by atoms with Crippen LogP contribution in [0.5, 0.6) is 5.75 Å². The molecule has 3 aromatic rings. The fraction of sp³-hybridized carbons (Fsp3) is 0.188. The molecule has 0 radical (unpaired) electrons. The Morgan fingerprint density at radius 2 is 2.05 bits per heavy atom. The molecule has 0 saturated carbocycles. The zero-order valence-corrected chi connectivity index (χ0v) is 11.5. The van der Waals surface area contributed by atoms with Gasteiger partial charge < -0.3 is 14.5 Å². The molecule has 3 rings (SSSR count). The summed E-state index contributed by atoms with van der Waals surface area (Å²) in [5, 5.41) is 5.39. The molecule has 0 spiro atoms. The highest BCUT2D eigenvalue weighted by atomic mass is 16.5. The van der Waals surface area contributed by atoms with Crippen molar-refractivity contribution in [2.75, 3.05) is 12.4 Å². The van der Waals surface area contributed by atoms with E-state index in [9.17, 15) is 0 Å². The van der Waals surface area contributed by atoms with Crippen molar-refractivity contribution < 1.29 is 9.15 Å². The highest BCUT2D eigenvalue weighted by Crippen LogP contribution is 2.29. The van der Waals surface area contributed by atoms with Crippen molar-refractivity contribution in [2.24, 2.45) is 0 Å². The van der Waals surface area contributed by atoms with E-state index in [0.717, 1.165) is 33.9 Å². The van der Waals surface area contributed by atoms with Gasteiger partial charge in [0, 0.05) is 17.0 Å². The van der Waals surface area contributed by atoms with Crippen molar-refractivity contribution in [3.63, 3.8) is 0 Å². The molecule has 0 aliphatic heterocycles. The predicted octanol–water partition coefficient (Wildman–Crippen LogP) is 3.76. The minimum Gasteiger partial charge on any atom is -0.496 e. The standard InChI is InChI=1S/C16H16N2O2/c1-11-6-7-12(20-11)10-18-16-14-4-3-5-15(19-2)13(14)8-9-17-16/h3-9H,10H2,1-2H3,(H,17,18). The molecular weight excluding hydrogens is 252 g/mol. The summed E-state index contributed by atoms with van der Waals surface area (Å²) in [4.78, 5) is 4.40. The molecule has 4 heteroatoms. The number of anilines is 1. The van der Waals surface area contributed by atoms with Gasteiger partial charge in [0.05, 0.1) is 13.7 Å². The van der Waals surface area contributed by atoms with E-state index in [-0.39, 0.29) is 0 Å². The highest BCUT2D eigenvalue weighted by Gasteiger charge is 2.07. The molecule has 2 heterocycles. The third kappa shape index (κ3) is 2.32. The van der Waals surface area contributed by atoms with Crippen molar-refractivity contribution >= 4 is 16.6 Å². The van der Waals surface area contributed by atoms with Crippen LogP contribution in [0.1, 0.15) is 11.5 Å². The predicted molar refractivity (Wildman–Crippen MR) is 79.1 cm³/mol. The first-order valence-electron chi connectivity index (χ1n) is 6.49. The monoisotopic (exact) mass is 268 g/mol. The Hall–Kier alpha value is -2.49. The Kier molecular flexibility index (Phi) is 3.29. The van der Waals surface area contributed by atoms with E-state index in [1.54, 1.807) is 13.3 Å². The molecule has 0 fully saturated rings. The minimum atomic E-state index is 0.608. The van der Waals surface area contributed by atoms with Gasteiger partial charge in [-0.1, -0.05) is 12.1 Å². The summed E-state index contributed by atoms with van der Waals surface area (Å²) in [6.07, 6.45) is 1.78. The normalized spacial score (nSPS) is 10.7. The number of aryl methyl sites for hydroxylation is 1. The van der Waals surface area contributed by atoms with Gasteiger partial charge >= 0.3 is 0 Å². The maximum absolute atomic E-state index is 5.55. The molecule has 2 aromatic heterocycles. The number of hydrogen-bond acceptors (Lipinski definition) is 4. The maximum atomic E-state index is 5.55. The molecule has 20 heavy (non-hydrogen) atoms. The van der Waals surface area contributed by atoms with Crippen molar-refractivity contribution in [1.29, 1.82) is 0 Å². The molecule has 1 N–H and O–H groups in total. The average molecular weight is 268 g/mol. The summed E-state index contributed by atoms with van der Waals surface area (Å²) < 4.78 is 10.9. The third-order valence-corrected chi connectivity index (χ3v) is 3.21. The second-order valence-corrected chi connectivity index (χ2v) is 4.58. The topological polar surface area (TPSA) is 47.3 Å². The number of nitrogens with zero attached hydrogens (tertiary/aromatic N) is 1. The number of pyridine rings is 1. The van der Waals surface area contributed by atoms with E-state index in [1.807, 2.05) is 43.3 Å². The average Bonchev–Trinajstić information content (AvgIpc) is 2.90. The summed E-state index contributed by atoms with van der Waals surface area (Å²) in [7, 11) is 1.67. The van der Waals surface area contributed by atoms with Crippen LogP contribution < -0.4 is 10.1 Å². The zero-order chi connectivity index (χ0) is 13.9. The fourth-order valence-electron chi connectivity index (χ4n) is 2.25. The van der Waals surface area contributed by atoms with Gasteiger partial charge in [-0.15, -0.1) is 0 Å². The van der Waals surface area contributed by atoms with E-state index in [4.69, 9.17) is 9.15 Å². The zero-order valence-electron chi connectivity index (χ0n) is 11.5. The summed E-state index contributed by atoms with van der Waals surface area (Å²) in [6.45, 7) is 2.54. The van der Waals surface area contributed by atoms with Gasteiger partial charge in [-0.25, -0.2) is 4.98 Å². The van der Waals surface area contributed by atoms with Crippen LogP contribution in [0.3, 0.4) is 0 Å². The van der Waals surface area contributed by atoms with Gasteiger partial charge in [-0.05, 0) is 31.2 Å². The fourth-order valence-corrected chi connectivity index (χ4v) is 2.25. The van der Waals surface area contributed by atoms with Crippen LogP contribution in [0.15, 0.2) is 47.0 Å². The Bertz CT molecular complexity index is 734. The Morgan fingerprint density at radius 3 is 2.80 bits per heavy atom. The quantitative estimate of drug-likeness (QED) is 0.782. The van der Waals surface area contributed by atoms with E-state index < -0.39 is 0 Å². The lowest BCUT2D eigenvalue weighted by atomic mass is 10.1. The van der Waals surface area contributed by atoms with E-state index >= 15 is 0 Å². The highest BCUT2D eigenvalue weighted by molar-refractivity contribution is 5.95. The number of ether oxygens (including phenoxy) is 1. The number of furan rings is 1. The Morgan fingerprint density at radius 1 is 1.15 bits per heavy atom. The maximum Gasteiger partial charge on any atom is 0.134 e. The molecular formula is C16H16N2O2. The molecule has 1 aromatic carbocycles. The van der Waals surface area contributed by atoms with E-state index in [0.29, 0.717) is 6.54 Å². The van der Waals surface area contributed by atoms with Crippen molar-refractivity contribution in [1.82, 2.24) is 4.98 Å². The van der Waals surface area contributed by atoms with Crippen LogP contribution in [-0.4, -0.2) is 12.1 Å². The smallest absolute Gasteiger partial charge is 0.134 e. The van der Waals surface area contributed by atoms with Gasteiger partial charge in [-0.2, -0.15) is 0 Å². The van der Waals surface area contributed by atoms with Crippen LogP contribution in [0.25, 0.3) is 10.8 Å². The summed E-state index contributed by atoms with van der Waals surface area (Å²) in [6, 6.07) is 11.8. The van der Waals surface area contributed by atoms with Gasteiger partial charge in [-0.3, -0.25) is 0 Å². The largest absolute Gasteiger partial charge is 0.496 e. The number of benzene rings is 1.